The molecule has 5 nitrogen and oxygen atoms in total. The lowest BCUT2D eigenvalue weighted by Crippen LogP contribution is -3.11. The number of nitrogens with one attached hydrogen (secondary N) is 1. The Labute approximate surface area is 133 Å². The summed E-state index contributed by atoms with van der Waals surface area (Å²) in [6.07, 6.45) is -0.365. The highest BCUT2D eigenvalue weighted by Crippen LogP contribution is 3.10. The highest BCUT2D eigenvalue weighted by atomic mass is 16.5. The molecule has 1 aromatic carbocycles. The number of alkyl carbamates (subject to hydrolysis) is 1. The lowest BCUT2D eigenvalue weighted by Gasteiger charge is -3.10. The molecule has 6 saturated carbocycles. The molecule has 118 valence electrons. The molecular weight excluding hydrogens is 294 g/mol. The number of carboxylic acids is 1. The molecule has 0 atom stereocenters. The molecule has 1 amide bonds. The van der Waals surface area contributed by atoms with Gasteiger partial charge in [-0.15, -0.1) is 0 Å². The predicted molar refractivity (Wildman–Crippen MR) is 78.1 cm³/mol. The Morgan fingerprint density at radius 3 is 2.22 bits per heavy atom. The Bertz CT molecular complexity index is 704. The van der Waals surface area contributed by atoms with E-state index in [0.29, 0.717) is 42.1 Å². The summed E-state index contributed by atoms with van der Waals surface area (Å²) in [5.41, 5.74) is 0.890. The molecule has 0 bridgehead atoms. The van der Waals surface area contributed by atoms with Gasteiger partial charge in [-0.25, -0.2) is 4.79 Å². The molecule has 0 saturated heterocycles. The molecule has 23 heavy (non-hydrogen) atoms. The first-order valence-electron chi connectivity index (χ1n) is 8.33. The maximum atomic E-state index is 11.9. The number of hydrogen-bond acceptors (Lipinski definition) is 3. The van der Waals surface area contributed by atoms with E-state index in [0.717, 1.165) is 5.56 Å². The van der Waals surface area contributed by atoms with E-state index in [1.807, 2.05) is 30.3 Å². The number of carboxylic acid groups (broad SMARTS) is 1. The number of carbonyl (C=O) groups is 2. The second kappa shape index (κ2) is 3.40. The Balaban J connectivity index is 1.06. The zero-order valence-electron chi connectivity index (χ0n) is 12.4. The van der Waals surface area contributed by atoms with Gasteiger partial charge in [-0.2, -0.15) is 0 Å². The maximum absolute atomic E-state index is 11.9. The summed E-state index contributed by atoms with van der Waals surface area (Å²) in [6, 6.07) is 9.63. The van der Waals surface area contributed by atoms with Crippen LogP contribution in [0.5, 0.6) is 0 Å². The average Bonchev–Trinajstić information content (AvgIpc) is 2.58. The van der Waals surface area contributed by atoms with Crippen LogP contribution in [0.15, 0.2) is 30.3 Å². The standard InChI is InChI=1S/C18H17NO4/c20-15(21)18-12-9-13(18)11-14(18)10(12)17(9,11)7-19-16(22)23-6-8-4-2-1-3-5-8/h1-5,9-14H,6-7H2,(H,19,22)(H,20,21). The van der Waals surface area contributed by atoms with Crippen molar-refractivity contribution in [3.63, 3.8) is 0 Å². The fourth-order valence-corrected chi connectivity index (χ4v) is 7.53. The summed E-state index contributed by atoms with van der Waals surface area (Å²) in [6.45, 7) is 0.950. The van der Waals surface area contributed by atoms with Gasteiger partial charge in [0.2, 0.25) is 0 Å². The summed E-state index contributed by atoms with van der Waals surface area (Å²) in [4.78, 5) is 23.4. The van der Waals surface area contributed by atoms with Crippen molar-refractivity contribution in [1.82, 2.24) is 5.32 Å². The zero-order valence-corrected chi connectivity index (χ0v) is 12.4. The minimum atomic E-state index is -0.565. The van der Waals surface area contributed by atoms with Crippen molar-refractivity contribution in [3.05, 3.63) is 35.9 Å². The average molecular weight is 311 g/mol. The summed E-state index contributed by atoms with van der Waals surface area (Å²) >= 11 is 0. The van der Waals surface area contributed by atoms with Crippen LogP contribution in [0.2, 0.25) is 0 Å². The molecule has 0 radical (unpaired) electrons. The van der Waals surface area contributed by atoms with E-state index in [-0.39, 0.29) is 23.5 Å². The first-order valence-corrected chi connectivity index (χ1v) is 8.33. The van der Waals surface area contributed by atoms with Crippen LogP contribution in [0.4, 0.5) is 4.79 Å². The number of carbonyl (C=O) groups excluding carboxylic acids is 1. The predicted octanol–water partition coefficient (Wildman–Crippen LogP) is 1.74. The molecule has 5 heteroatoms. The smallest absolute Gasteiger partial charge is 0.407 e. The van der Waals surface area contributed by atoms with Gasteiger partial charge in [0.1, 0.15) is 6.61 Å². The van der Waals surface area contributed by atoms with Crippen LogP contribution in [-0.4, -0.2) is 23.7 Å². The molecule has 6 fully saturated rings. The van der Waals surface area contributed by atoms with E-state index in [4.69, 9.17) is 4.74 Å². The SMILES string of the molecule is O=C(NCC12C3C4C1C1C2C3C41C(=O)O)OCc1ccccc1. The fraction of sp³-hybridized carbons (Fsp3) is 0.556. The Morgan fingerprint density at radius 1 is 1.04 bits per heavy atom. The minimum Gasteiger partial charge on any atom is -0.481 e. The Hall–Kier alpha value is -2.04. The summed E-state index contributed by atoms with van der Waals surface area (Å²) in [5, 5.41) is 12.4. The lowest BCUT2D eigenvalue weighted by molar-refractivity contribution is -0.641. The number of ether oxygens (including phenoxy) is 1. The molecule has 6 aliphatic rings. The largest absolute Gasteiger partial charge is 0.481 e. The van der Waals surface area contributed by atoms with Gasteiger partial charge in [-0.1, -0.05) is 30.3 Å². The van der Waals surface area contributed by atoms with Crippen molar-refractivity contribution in [2.45, 2.75) is 6.61 Å². The first-order chi connectivity index (χ1) is 11.1. The second-order valence-electron chi connectivity index (χ2n) is 7.92. The highest BCUT2D eigenvalue weighted by molar-refractivity contribution is 5.87. The summed E-state index contributed by atoms with van der Waals surface area (Å²) < 4.78 is 5.26. The molecule has 0 aliphatic heterocycles. The Morgan fingerprint density at radius 2 is 1.65 bits per heavy atom. The third-order valence-corrected chi connectivity index (χ3v) is 7.96. The van der Waals surface area contributed by atoms with E-state index >= 15 is 0 Å². The molecule has 6 aliphatic carbocycles. The van der Waals surface area contributed by atoms with Crippen LogP contribution < -0.4 is 5.32 Å². The monoisotopic (exact) mass is 311 g/mol. The van der Waals surface area contributed by atoms with Crippen molar-refractivity contribution >= 4 is 12.1 Å². The first kappa shape index (κ1) is 12.4. The molecule has 0 aromatic heterocycles. The summed E-state index contributed by atoms with van der Waals surface area (Å²) in [5.74, 6) is 2.38. The van der Waals surface area contributed by atoms with Crippen LogP contribution in [0, 0.1) is 46.3 Å². The minimum absolute atomic E-state index is 0.239. The summed E-state index contributed by atoms with van der Waals surface area (Å²) in [7, 11) is 0. The quantitative estimate of drug-likeness (QED) is 0.868. The fourth-order valence-electron chi connectivity index (χ4n) is 7.53. The topological polar surface area (TPSA) is 75.6 Å². The van der Waals surface area contributed by atoms with Crippen molar-refractivity contribution in [2.75, 3.05) is 6.54 Å². The molecule has 0 unspecified atom stereocenters. The van der Waals surface area contributed by atoms with Crippen molar-refractivity contribution in [1.29, 1.82) is 0 Å². The second-order valence-corrected chi connectivity index (χ2v) is 7.92. The van der Waals surface area contributed by atoms with E-state index in [1.54, 1.807) is 0 Å². The van der Waals surface area contributed by atoms with Crippen molar-refractivity contribution in [3.8, 4) is 0 Å². The number of aliphatic carboxylic acids is 1. The molecule has 2 N–H and O–H groups in total. The van der Waals surface area contributed by atoms with Gasteiger partial charge in [0.25, 0.3) is 0 Å². The van der Waals surface area contributed by atoms with Gasteiger partial charge in [0.05, 0.1) is 5.41 Å². The Kier molecular flexibility index (Phi) is 1.83. The van der Waals surface area contributed by atoms with Gasteiger partial charge >= 0.3 is 12.1 Å². The molecule has 0 heterocycles. The number of hydrogen-bond donors (Lipinski definition) is 2. The van der Waals surface area contributed by atoms with Crippen LogP contribution >= 0.6 is 0 Å². The molecular formula is C18H17NO4. The highest BCUT2D eigenvalue weighted by Gasteiger charge is 3.11. The number of benzene rings is 1. The number of amides is 1. The molecule has 0 spiro atoms. The van der Waals surface area contributed by atoms with E-state index in [2.05, 4.69) is 5.32 Å². The molecule has 1 aromatic rings. The third-order valence-electron chi connectivity index (χ3n) is 7.96. The van der Waals surface area contributed by atoms with Crippen LogP contribution in [-0.2, 0) is 16.1 Å². The van der Waals surface area contributed by atoms with Crippen LogP contribution in [0.3, 0.4) is 0 Å². The van der Waals surface area contributed by atoms with Gasteiger partial charge in [0.15, 0.2) is 0 Å². The van der Waals surface area contributed by atoms with Gasteiger partial charge in [-0.05, 0) is 46.5 Å². The van der Waals surface area contributed by atoms with Gasteiger partial charge < -0.3 is 15.2 Å². The van der Waals surface area contributed by atoms with Crippen molar-refractivity contribution < 1.29 is 19.4 Å². The number of rotatable bonds is 5. The zero-order chi connectivity index (χ0) is 15.6. The van der Waals surface area contributed by atoms with Crippen LogP contribution in [0.25, 0.3) is 0 Å². The third kappa shape index (κ3) is 0.935. The maximum Gasteiger partial charge on any atom is 0.407 e. The van der Waals surface area contributed by atoms with Gasteiger partial charge in [-0.3, -0.25) is 4.79 Å². The normalized spacial score (nSPS) is 51.0. The van der Waals surface area contributed by atoms with E-state index < -0.39 is 5.97 Å². The van der Waals surface area contributed by atoms with Gasteiger partial charge in [0, 0.05) is 6.54 Å². The van der Waals surface area contributed by atoms with Crippen molar-refractivity contribution in [2.24, 2.45) is 46.3 Å². The van der Waals surface area contributed by atoms with Crippen LogP contribution in [0.1, 0.15) is 5.56 Å². The van der Waals surface area contributed by atoms with E-state index in [9.17, 15) is 14.7 Å². The van der Waals surface area contributed by atoms with E-state index in [1.165, 1.54) is 0 Å². The lowest BCUT2D eigenvalue weighted by atomic mass is 8.92. The molecule has 7 rings (SSSR count).